The molecule has 0 aliphatic carbocycles. The molecule has 0 amide bonds. The lowest BCUT2D eigenvalue weighted by Gasteiger charge is -2.49. The maximum atomic E-state index is 10.8. The SMILES string of the molecule is CC12CCCCCCCCCCCCCCOC(OC1CI)C(O)C2O. The smallest absolute Gasteiger partial charge is 0.186 e. The number of ether oxygens (including phenoxy) is 2. The highest BCUT2D eigenvalue weighted by molar-refractivity contribution is 14.1. The van der Waals surface area contributed by atoms with Crippen molar-refractivity contribution in [3.63, 3.8) is 0 Å². The van der Waals surface area contributed by atoms with Crippen molar-refractivity contribution in [2.45, 2.75) is 115 Å². The summed E-state index contributed by atoms with van der Waals surface area (Å²) < 4.78 is 12.7. The molecule has 5 unspecified atom stereocenters. The van der Waals surface area contributed by atoms with Crippen LogP contribution >= 0.6 is 22.6 Å². The molecule has 4 nitrogen and oxygen atoms in total. The monoisotopic (exact) mass is 482 g/mol. The van der Waals surface area contributed by atoms with Gasteiger partial charge in [0.25, 0.3) is 0 Å². The van der Waals surface area contributed by atoms with E-state index in [0.717, 1.165) is 23.7 Å². The normalized spacial score (nSPS) is 39.7. The minimum atomic E-state index is -0.957. The summed E-state index contributed by atoms with van der Waals surface area (Å²) in [5, 5.41) is 21.4. The Kier molecular flexibility index (Phi) is 10.7. The minimum Gasteiger partial charge on any atom is -0.390 e. The van der Waals surface area contributed by atoms with Crippen molar-refractivity contribution in [3.8, 4) is 0 Å². The second-order valence-electron chi connectivity index (χ2n) is 8.45. The van der Waals surface area contributed by atoms with Gasteiger partial charge in [0.1, 0.15) is 6.10 Å². The lowest BCUT2D eigenvalue weighted by molar-refractivity contribution is -0.304. The molecule has 3 saturated heterocycles. The molecule has 3 aliphatic heterocycles. The molecule has 5 heteroatoms. The van der Waals surface area contributed by atoms with Gasteiger partial charge < -0.3 is 19.7 Å². The zero-order valence-electron chi connectivity index (χ0n) is 16.5. The Morgan fingerprint density at radius 1 is 0.846 bits per heavy atom. The van der Waals surface area contributed by atoms with Crippen LogP contribution in [0.25, 0.3) is 0 Å². The Labute approximate surface area is 173 Å². The van der Waals surface area contributed by atoms with Gasteiger partial charge in [-0.05, 0) is 12.8 Å². The third kappa shape index (κ3) is 6.57. The number of rotatable bonds is 1. The van der Waals surface area contributed by atoms with Gasteiger partial charge >= 0.3 is 0 Å². The van der Waals surface area contributed by atoms with Gasteiger partial charge in [0.15, 0.2) is 6.29 Å². The number of aliphatic hydroxyl groups is 2. The molecule has 0 radical (unpaired) electrons. The molecular formula is C21H39IO4. The molecule has 0 aromatic rings. The van der Waals surface area contributed by atoms with E-state index in [0.29, 0.717) is 6.61 Å². The number of fused-ring (bicyclic) bond motifs is 16. The molecule has 2 N–H and O–H groups in total. The molecule has 3 aliphatic rings. The largest absolute Gasteiger partial charge is 0.390 e. The van der Waals surface area contributed by atoms with Crippen LogP contribution in [0.15, 0.2) is 0 Å². The van der Waals surface area contributed by atoms with Crippen LogP contribution in [-0.2, 0) is 9.47 Å². The van der Waals surface area contributed by atoms with Crippen LogP contribution in [0.4, 0.5) is 0 Å². The molecule has 0 saturated carbocycles. The van der Waals surface area contributed by atoms with Crippen LogP contribution in [-0.4, -0.2) is 45.8 Å². The highest BCUT2D eigenvalue weighted by Crippen LogP contribution is 2.42. The summed E-state index contributed by atoms with van der Waals surface area (Å²) in [7, 11) is 0. The topological polar surface area (TPSA) is 58.9 Å². The Bertz CT molecular complexity index is 377. The van der Waals surface area contributed by atoms with Crippen LogP contribution in [0, 0.1) is 5.41 Å². The molecule has 0 aromatic heterocycles. The summed E-state index contributed by atoms with van der Waals surface area (Å²) in [6.45, 7) is 2.67. The van der Waals surface area contributed by atoms with Gasteiger partial charge in [-0.2, -0.15) is 0 Å². The first-order chi connectivity index (χ1) is 12.6. The predicted molar refractivity (Wildman–Crippen MR) is 114 cm³/mol. The van der Waals surface area contributed by atoms with Crippen LogP contribution in [0.2, 0.25) is 0 Å². The molecule has 0 aromatic carbocycles. The van der Waals surface area contributed by atoms with Gasteiger partial charge in [0.2, 0.25) is 0 Å². The second kappa shape index (κ2) is 12.2. The fraction of sp³-hybridized carbons (Fsp3) is 1.00. The van der Waals surface area contributed by atoms with Crippen molar-refractivity contribution in [1.82, 2.24) is 0 Å². The zero-order chi connectivity index (χ0) is 18.8. The Morgan fingerprint density at radius 2 is 1.35 bits per heavy atom. The van der Waals surface area contributed by atoms with Gasteiger partial charge in [-0.3, -0.25) is 0 Å². The minimum absolute atomic E-state index is 0.0754. The van der Waals surface area contributed by atoms with Crippen molar-refractivity contribution >= 4 is 22.6 Å². The summed E-state index contributed by atoms with van der Waals surface area (Å²) in [4.78, 5) is 0. The lowest BCUT2D eigenvalue weighted by Crippen LogP contribution is -2.61. The van der Waals surface area contributed by atoms with Gasteiger partial charge in [-0.1, -0.05) is 100 Å². The second-order valence-corrected chi connectivity index (χ2v) is 9.33. The molecule has 3 rings (SSSR count). The van der Waals surface area contributed by atoms with E-state index in [2.05, 4.69) is 29.5 Å². The van der Waals surface area contributed by atoms with E-state index in [9.17, 15) is 10.2 Å². The van der Waals surface area contributed by atoms with Gasteiger partial charge in [0.05, 0.1) is 12.2 Å². The van der Waals surface area contributed by atoms with Crippen LogP contribution in [0.1, 0.15) is 90.4 Å². The van der Waals surface area contributed by atoms with Crippen LogP contribution < -0.4 is 0 Å². The maximum Gasteiger partial charge on any atom is 0.186 e. The molecule has 3 heterocycles. The summed E-state index contributed by atoms with van der Waals surface area (Å²) in [5.74, 6) is 0. The Hall–Kier alpha value is 0.570. The highest BCUT2D eigenvalue weighted by atomic mass is 127. The van der Waals surface area contributed by atoms with E-state index >= 15 is 0 Å². The number of halogens is 1. The lowest BCUT2D eigenvalue weighted by atomic mass is 9.71. The first kappa shape index (κ1) is 22.9. The van der Waals surface area contributed by atoms with E-state index in [-0.39, 0.29) is 6.10 Å². The third-order valence-electron chi connectivity index (χ3n) is 6.34. The number of alkyl halides is 1. The fourth-order valence-corrected chi connectivity index (χ4v) is 5.58. The molecule has 154 valence electrons. The molecule has 26 heavy (non-hydrogen) atoms. The first-order valence-electron chi connectivity index (χ1n) is 10.8. The maximum absolute atomic E-state index is 10.8. The van der Waals surface area contributed by atoms with Gasteiger partial charge in [-0.25, -0.2) is 0 Å². The summed E-state index contributed by atoms with van der Waals surface area (Å²) in [6, 6.07) is 0. The highest BCUT2D eigenvalue weighted by Gasteiger charge is 2.51. The number of aliphatic hydroxyl groups excluding tert-OH is 2. The van der Waals surface area contributed by atoms with E-state index in [4.69, 9.17) is 9.47 Å². The predicted octanol–water partition coefficient (Wildman–Crippen LogP) is 4.98. The standard InChI is InChI=1S/C21H39IO4/c1-21-14-12-10-8-6-4-2-3-5-7-9-11-13-15-25-20(18(23)19(21)24)26-17(21)16-22/h17-20,23-24H,2-16H2,1H3. The van der Waals surface area contributed by atoms with Gasteiger partial charge in [-0.15, -0.1) is 0 Å². The van der Waals surface area contributed by atoms with Crippen molar-refractivity contribution in [3.05, 3.63) is 0 Å². The molecule has 3 fully saturated rings. The molecule has 0 spiro atoms. The third-order valence-corrected chi connectivity index (χ3v) is 7.14. The van der Waals surface area contributed by atoms with E-state index in [1.165, 1.54) is 64.2 Å². The van der Waals surface area contributed by atoms with Crippen molar-refractivity contribution in [2.24, 2.45) is 5.41 Å². The van der Waals surface area contributed by atoms with Crippen molar-refractivity contribution in [1.29, 1.82) is 0 Å². The number of hydrogen-bond acceptors (Lipinski definition) is 4. The Morgan fingerprint density at radius 3 is 1.88 bits per heavy atom. The summed E-state index contributed by atoms with van der Waals surface area (Å²) >= 11 is 2.33. The van der Waals surface area contributed by atoms with Crippen molar-refractivity contribution in [2.75, 3.05) is 11.0 Å². The average Bonchev–Trinajstić information content (AvgIpc) is 2.64. The van der Waals surface area contributed by atoms with Gasteiger partial charge in [0, 0.05) is 16.4 Å². The first-order valence-corrected chi connectivity index (χ1v) is 12.3. The average molecular weight is 482 g/mol. The van der Waals surface area contributed by atoms with E-state index in [1.807, 2.05) is 0 Å². The molecular weight excluding hydrogens is 443 g/mol. The molecule has 5 atom stereocenters. The van der Waals surface area contributed by atoms with Crippen molar-refractivity contribution < 1.29 is 19.7 Å². The Balaban J connectivity index is 1.96. The van der Waals surface area contributed by atoms with E-state index in [1.54, 1.807) is 0 Å². The zero-order valence-corrected chi connectivity index (χ0v) is 18.7. The fourth-order valence-electron chi connectivity index (χ4n) is 4.36. The van der Waals surface area contributed by atoms with E-state index < -0.39 is 23.9 Å². The molecule has 2 bridgehead atoms. The summed E-state index contributed by atoms with van der Waals surface area (Å²) in [5.41, 5.74) is -0.399. The summed E-state index contributed by atoms with van der Waals surface area (Å²) in [6.07, 6.45) is 13.5. The quantitative estimate of drug-likeness (QED) is 0.409. The number of hydrogen-bond donors (Lipinski definition) is 2. The van der Waals surface area contributed by atoms with Crippen LogP contribution in [0.3, 0.4) is 0 Å². The van der Waals surface area contributed by atoms with Crippen LogP contribution in [0.5, 0.6) is 0 Å².